The molecule has 1 N–H and O–H groups in total. The number of aromatic nitrogens is 6. The molecular formula is C28H23ClFN7O2. The molecule has 1 amide bonds. The van der Waals surface area contributed by atoms with E-state index in [-0.39, 0.29) is 30.5 Å². The number of nitrogens with one attached hydrogen (secondary N) is 1. The molecule has 2 aromatic carbocycles. The fourth-order valence-corrected chi connectivity index (χ4v) is 5.91. The topological polar surface area (TPSA) is 102 Å². The Morgan fingerprint density at radius 1 is 1.05 bits per heavy atom. The quantitative estimate of drug-likeness (QED) is 0.314. The highest BCUT2D eigenvalue weighted by atomic mass is 35.5. The molecule has 9 nitrogen and oxygen atoms in total. The molecule has 0 saturated heterocycles. The smallest absolute Gasteiger partial charge is 0.260 e. The van der Waals surface area contributed by atoms with E-state index in [9.17, 15) is 4.79 Å². The lowest BCUT2D eigenvalue weighted by atomic mass is 9.89. The Hall–Kier alpha value is -4.31. The normalized spacial score (nSPS) is 19.2. The van der Waals surface area contributed by atoms with Gasteiger partial charge in [-0.1, -0.05) is 23.7 Å². The standard InChI is InChI=1S/C28H23ClFN7O2/c29-16-8-9-25-20(10-16)28(38)36(15-39-25)17-4-3-5-18(11-17)37-24-12-22(26-32-14-33-35-26)31-13-23(24)34-27(37)19-6-1-2-7-21(19)30/h1-2,6-10,12-14,17-18H,3-5,11,15H2,(H,32,33,35)/t17-,18+/m0/s1. The Bertz CT molecular complexity index is 1700. The molecule has 0 radical (unpaired) electrons. The lowest BCUT2D eigenvalue weighted by molar-refractivity contribution is 0.0280. The van der Waals surface area contributed by atoms with Crippen LogP contribution in [0.4, 0.5) is 4.39 Å². The Labute approximate surface area is 227 Å². The minimum atomic E-state index is -0.349. The van der Waals surface area contributed by atoms with E-state index in [1.165, 1.54) is 12.4 Å². The van der Waals surface area contributed by atoms with Gasteiger partial charge < -0.3 is 14.2 Å². The molecule has 1 saturated carbocycles. The molecule has 2 atom stereocenters. The van der Waals surface area contributed by atoms with E-state index in [4.69, 9.17) is 21.3 Å². The van der Waals surface area contributed by atoms with Gasteiger partial charge in [-0.15, -0.1) is 0 Å². The van der Waals surface area contributed by atoms with Crippen LogP contribution < -0.4 is 4.74 Å². The minimum absolute atomic E-state index is 0.0399. The van der Waals surface area contributed by atoms with Crippen LogP contribution in [0.1, 0.15) is 42.1 Å². The molecule has 1 fully saturated rings. The molecule has 3 aromatic heterocycles. The lowest BCUT2D eigenvalue weighted by Crippen LogP contribution is -2.47. The van der Waals surface area contributed by atoms with Crippen LogP contribution in [0.3, 0.4) is 0 Å². The number of benzene rings is 2. The van der Waals surface area contributed by atoms with Gasteiger partial charge in [0.05, 0.1) is 22.8 Å². The van der Waals surface area contributed by atoms with Crippen LogP contribution in [0.5, 0.6) is 5.75 Å². The van der Waals surface area contributed by atoms with Crippen LogP contribution in [0.15, 0.2) is 61.1 Å². The van der Waals surface area contributed by atoms with Crippen molar-refractivity contribution in [3.05, 3.63) is 77.5 Å². The maximum Gasteiger partial charge on any atom is 0.260 e. The molecule has 0 bridgehead atoms. The van der Waals surface area contributed by atoms with Gasteiger partial charge in [-0.3, -0.25) is 14.9 Å². The zero-order valence-corrected chi connectivity index (χ0v) is 21.5. The summed E-state index contributed by atoms with van der Waals surface area (Å²) in [6, 6.07) is 13.5. The molecule has 0 spiro atoms. The second-order valence-corrected chi connectivity index (χ2v) is 10.3. The SMILES string of the molecule is O=C1c2cc(Cl)ccc2OCN1[C@H]1CCC[C@@H](n2c(-c3ccccc3F)nc3cnc(-c4ncn[nH]4)cc32)C1. The predicted molar refractivity (Wildman–Crippen MR) is 143 cm³/mol. The van der Waals surface area contributed by atoms with E-state index in [1.807, 2.05) is 6.07 Å². The van der Waals surface area contributed by atoms with Crippen LogP contribution in [-0.2, 0) is 0 Å². The van der Waals surface area contributed by atoms with Gasteiger partial charge in [-0.2, -0.15) is 5.10 Å². The molecule has 0 unspecified atom stereocenters. The third-order valence-corrected chi connectivity index (χ3v) is 7.80. The Morgan fingerprint density at radius 2 is 1.92 bits per heavy atom. The van der Waals surface area contributed by atoms with Crippen molar-refractivity contribution in [1.82, 2.24) is 34.6 Å². The van der Waals surface area contributed by atoms with Gasteiger partial charge in [-0.05, 0) is 62.1 Å². The molecule has 1 aliphatic heterocycles. The highest BCUT2D eigenvalue weighted by molar-refractivity contribution is 6.31. The third-order valence-electron chi connectivity index (χ3n) is 7.57. The molecular weight excluding hydrogens is 521 g/mol. The van der Waals surface area contributed by atoms with Gasteiger partial charge in [-0.25, -0.2) is 14.4 Å². The van der Waals surface area contributed by atoms with Crippen molar-refractivity contribution in [3.63, 3.8) is 0 Å². The summed E-state index contributed by atoms with van der Waals surface area (Å²) in [6.45, 7) is 0.176. The molecule has 196 valence electrons. The van der Waals surface area contributed by atoms with Crippen LogP contribution in [0, 0.1) is 5.82 Å². The fraction of sp³-hybridized carbons (Fsp3) is 0.250. The molecule has 4 heterocycles. The van der Waals surface area contributed by atoms with E-state index in [0.29, 0.717) is 51.2 Å². The second kappa shape index (κ2) is 9.46. The highest BCUT2D eigenvalue weighted by Gasteiger charge is 2.36. The van der Waals surface area contributed by atoms with E-state index >= 15 is 4.39 Å². The number of rotatable bonds is 4. The number of pyridine rings is 1. The number of amides is 1. The van der Waals surface area contributed by atoms with Crippen molar-refractivity contribution in [1.29, 1.82) is 0 Å². The summed E-state index contributed by atoms with van der Waals surface area (Å²) < 4.78 is 23.1. The van der Waals surface area contributed by atoms with Crippen molar-refractivity contribution < 1.29 is 13.9 Å². The zero-order chi connectivity index (χ0) is 26.5. The molecule has 2 aliphatic rings. The molecule has 5 aromatic rings. The summed E-state index contributed by atoms with van der Waals surface area (Å²) in [7, 11) is 0. The van der Waals surface area contributed by atoms with Crippen molar-refractivity contribution in [2.75, 3.05) is 6.73 Å². The Morgan fingerprint density at radius 3 is 2.77 bits per heavy atom. The maximum absolute atomic E-state index is 15.1. The summed E-state index contributed by atoms with van der Waals surface area (Å²) in [5.41, 5.74) is 2.97. The number of halogens is 2. The number of hydrogen-bond acceptors (Lipinski definition) is 6. The molecule has 11 heteroatoms. The number of hydrogen-bond donors (Lipinski definition) is 1. The highest BCUT2D eigenvalue weighted by Crippen LogP contribution is 2.40. The van der Waals surface area contributed by atoms with Gasteiger partial charge in [0.25, 0.3) is 5.91 Å². The van der Waals surface area contributed by atoms with Gasteiger partial charge in [0.2, 0.25) is 0 Å². The summed E-state index contributed by atoms with van der Waals surface area (Å²) in [4.78, 5) is 28.8. The first kappa shape index (κ1) is 23.8. The largest absolute Gasteiger partial charge is 0.472 e. The molecule has 39 heavy (non-hydrogen) atoms. The summed E-state index contributed by atoms with van der Waals surface area (Å²) >= 11 is 6.18. The zero-order valence-electron chi connectivity index (χ0n) is 20.7. The number of imidazole rings is 1. The average Bonchev–Trinajstić information content (AvgIpc) is 3.62. The van der Waals surface area contributed by atoms with E-state index in [2.05, 4.69) is 24.7 Å². The number of aromatic amines is 1. The fourth-order valence-electron chi connectivity index (χ4n) is 5.73. The first-order chi connectivity index (χ1) is 19.1. The number of nitrogens with zero attached hydrogens (tertiary/aromatic N) is 6. The van der Waals surface area contributed by atoms with E-state index < -0.39 is 0 Å². The second-order valence-electron chi connectivity index (χ2n) is 9.84. The van der Waals surface area contributed by atoms with Gasteiger partial charge in [0.15, 0.2) is 12.6 Å². The monoisotopic (exact) mass is 543 g/mol. The average molecular weight is 544 g/mol. The van der Waals surface area contributed by atoms with Gasteiger partial charge in [0, 0.05) is 17.1 Å². The van der Waals surface area contributed by atoms with Crippen LogP contribution in [-0.4, -0.2) is 53.3 Å². The summed E-state index contributed by atoms with van der Waals surface area (Å²) in [5.74, 6) is 1.17. The minimum Gasteiger partial charge on any atom is -0.472 e. The predicted octanol–water partition coefficient (Wildman–Crippen LogP) is 5.65. The number of carbonyl (C=O) groups is 1. The van der Waals surface area contributed by atoms with Crippen LogP contribution in [0.2, 0.25) is 5.02 Å². The van der Waals surface area contributed by atoms with Crippen molar-refractivity contribution in [3.8, 4) is 28.7 Å². The van der Waals surface area contributed by atoms with Crippen LogP contribution >= 0.6 is 11.6 Å². The van der Waals surface area contributed by atoms with Gasteiger partial charge >= 0.3 is 0 Å². The first-order valence-corrected chi connectivity index (χ1v) is 13.2. The summed E-state index contributed by atoms with van der Waals surface area (Å²) in [6.07, 6.45) is 6.35. The lowest BCUT2D eigenvalue weighted by Gasteiger charge is -2.40. The molecule has 7 rings (SSSR count). The number of carbonyl (C=O) groups excluding carboxylic acids is 1. The third kappa shape index (κ3) is 4.11. The summed E-state index contributed by atoms with van der Waals surface area (Å²) in [5, 5.41) is 7.28. The number of H-pyrrole nitrogens is 1. The Balaban J connectivity index is 1.30. The number of ether oxygens (including phenoxy) is 1. The van der Waals surface area contributed by atoms with Crippen LogP contribution in [0.25, 0.3) is 33.9 Å². The molecule has 1 aliphatic carbocycles. The van der Waals surface area contributed by atoms with E-state index in [1.54, 1.807) is 47.5 Å². The Kier molecular flexibility index (Phi) is 5.77. The van der Waals surface area contributed by atoms with E-state index in [0.717, 1.165) is 24.8 Å². The van der Waals surface area contributed by atoms with Crippen molar-refractivity contribution in [2.24, 2.45) is 0 Å². The van der Waals surface area contributed by atoms with Crippen molar-refractivity contribution in [2.45, 2.75) is 37.8 Å². The first-order valence-electron chi connectivity index (χ1n) is 12.8. The number of fused-ring (bicyclic) bond motifs is 2. The van der Waals surface area contributed by atoms with Crippen molar-refractivity contribution >= 4 is 28.5 Å². The maximum atomic E-state index is 15.1. The van der Waals surface area contributed by atoms with Gasteiger partial charge in [0.1, 0.15) is 34.9 Å².